The number of aliphatic carboxylic acids is 1. The molecule has 4 amide bonds. The van der Waals surface area contributed by atoms with Crippen molar-refractivity contribution in [3.05, 3.63) is 71.8 Å². The lowest BCUT2D eigenvalue weighted by Gasteiger charge is -2.28. The normalized spacial score (nSPS) is 16.9. The highest BCUT2D eigenvalue weighted by Gasteiger charge is 2.38. The molecule has 0 aliphatic carbocycles. The highest BCUT2D eigenvalue weighted by Crippen LogP contribution is 2.19. The molecule has 0 aromatic heterocycles. The van der Waals surface area contributed by atoms with Gasteiger partial charge in [-0.1, -0.05) is 60.7 Å². The van der Waals surface area contributed by atoms with Crippen molar-refractivity contribution in [3.63, 3.8) is 0 Å². The summed E-state index contributed by atoms with van der Waals surface area (Å²) in [6.07, 6.45) is 1.29. The van der Waals surface area contributed by atoms with Crippen LogP contribution < -0.4 is 21.7 Å². The Kier molecular flexibility index (Phi) is 11.2. The number of nitrogens with two attached hydrogens (primary N) is 1. The van der Waals surface area contributed by atoms with Crippen molar-refractivity contribution in [1.29, 1.82) is 0 Å². The molecule has 0 unspecified atom stereocenters. The van der Waals surface area contributed by atoms with Crippen molar-refractivity contribution in [2.24, 2.45) is 5.73 Å². The van der Waals surface area contributed by atoms with Crippen molar-refractivity contribution in [2.75, 3.05) is 19.7 Å². The van der Waals surface area contributed by atoms with Gasteiger partial charge in [-0.3, -0.25) is 24.0 Å². The summed E-state index contributed by atoms with van der Waals surface area (Å²) in [5.74, 6) is -3.83. The van der Waals surface area contributed by atoms with Gasteiger partial charge in [-0.05, 0) is 30.4 Å². The van der Waals surface area contributed by atoms with Crippen LogP contribution in [0.15, 0.2) is 60.7 Å². The first-order valence-corrected chi connectivity index (χ1v) is 13.0. The Balaban J connectivity index is 1.64. The standard InChI is InChI=1S/C28H35N5O7/c29-20(14-18-8-3-1-4-9-18)28(40)33-13-7-12-23(33)27(39)32-22(17-34)26(38)31-21(25(37)30-16-24(35)36)15-19-10-5-2-6-11-19/h1-6,8-11,20-23,34H,7,12-17,29H2,(H,30,37)(H,31,38)(H,32,39)(H,35,36)/t20-,21-,22-,23-/m0/s1. The summed E-state index contributed by atoms with van der Waals surface area (Å²) in [5.41, 5.74) is 7.75. The topological polar surface area (TPSA) is 191 Å². The van der Waals surface area contributed by atoms with Gasteiger partial charge in [0.2, 0.25) is 23.6 Å². The van der Waals surface area contributed by atoms with E-state index in [-0.39, 0.29) is 12.3 Å². The van der Waals surface area contributed by atoms with Crippen molar-refractivity contribution in [2.45, 2.75) is 49.9 Å². The number of nitrogens with zero attached hydrogens (tertiary/aromatic N) is 1. The number of aliphatic hydroxyl groups excluding tert-OH is 1. The number of carboxylic acids is 1. The first kappa shape index (κ1) is 30.3. The zero-order valence-corrected chi connectivity index (χ0v) is 22.0. The van der Waals surface area contributed by atoms with Gasteiger partial charge in [0.25, 0.3) is 0 Å². The molecule has 0 radical (unpaired) electrons. The molecule has 12 heteroatoms. The molecule has 0 saturated carbocycles. The van der Waals surface area contributed by atoms with Crippen LogP contribution >= 0.6 is 0 Å². The fourth-order valence-corrected chi connectivity index (χ4v) is 4.55. The Bertz CT molecular complexity index is 1180. The summed E-state index contributed by atoms with van der Waals surface area (Å²) in [7, 11) is 0. The Morgan fingerprint density at radius 2 is 1.48 bits per heavy atom. The minimum Gasteiger partial charge on any atom is -0.480 e. The van der Waals surface area contributed by atoms with E-state index < -0.39 is 61.0 Å². The third-order valence-electron chi connectivity index (χ3n) is 6.60. The van der Waals surface area contributed by atoms with Crippen molar-refractivity contribution in [1.82, 2.24) is 20.9 Å². The average Bonchev–Trinajstić information content (AvgIpc) is 3.45. The lowest BCUT2D eigenvalue weighted by Crippen LogP contribution is -2.58. The van der Waals surface area contributed by atoms with Crippen molar-refractivity contribution >= 4 is 29.6 Å². The molecule has 1 fully saturated rings. The fraction of sp³-hybridized carbons (Fsp3) is 0.393. The number of nitrogens with one attached hydrogen (secondary N) is 3. The van der Waals surface area contributed by atoms with Gasteiger partial charge in [0, 0.05) is 13.0 Å². The molecule has 0 spiro atoms. The maximum atomic E-state index is 13.1. The molecule has 2 aromatic carbocycles. The molecule has 214 valence electrons. The van der Waals surface area contributed by atoms with Crippen LogP contribution in [0.4, 0.5) is 0 Å². The molecule has 1 aliphatic rings. The van der Waals surface area contributed by atoms with Crippen LogP contribution in [-0.4, -0.2) is 88.6 Å². The number of hydrogen-bond donors (Lipinski definition) is 6. The number of amides is 4. The summed E-state index contributed by atoms with van der Waals surface area (Å²) in [5, 5.41) is 26.0. The van der Waals surface area contributed by atoms with E-state index in [1.165, 1.54) is 4.90 Å². The van der Waals surface area contributed by atoms with Crippen molar-refractivity contribution in [3.8, 4) is 0 Å². The molecule has 40 heavy (non-hydrogen) atoms. The SMILES string of the molecule is N[C@@H](Cc1ccccc1)C(=O)N1CCC[C@H]1C(=O)N[C@@H](CO)C(=O)N[C@@H](Cc1ccccc1)C(=O)NCC(=O)O. The number of benzene rings is 2. The Morgan fingerprint density at radius 3 is 2.05 bits per heavy atom. The number of likely N-dealkylation sites (tertiary alicyclic amines) is 1. The number of aliphatic hydroxyl groups is 1. The molecule has 1 saturated heterocycles. The highest BCUT2D eigenvalue weighted by molar-refractivity contribution is 5.95. The lowest BCUT2D eigenvalue weighted by molar-refractivity contribution is -0.140. The lowest BCUT2D eigenvalue weighted by atomic mass is 10.0. The van der Waals surface area contributed by atoms with E-state index in [0.717, 1.165) is 5.56 Å². The van der Waals surface area contributed by atoms with E-state index in [2.05, 4.69) is 16.0 Å². The molecule has 7 N–H and O–H groups in total. The summed E-state index contributed by atoms with van der Waals surface area (Å²) < 4.78 is 0. The van der Waals surface area contributed by atoms with Gasteiger partial charge in [-0.15, -0.1) is 0 Å². The third kappa shape index (κ3) is 8.61. The van der Waals surface area contributed by atoms with Gasteiger partial charge in [-0.2, -0.15) is 0 Å². The maximum Gasteiger partial charge on any atom is 0.322 e. The molecule has 0 bridgehead atoms. The first-order valence-electron chi connectivity index (χ1n) is 13.0. The number of carbonyl (C=O) groups is 5. The van der Waals surface area contributed by atoms with Gasteiger partial charge >= 0.3 is 5.97 Å². The molecule has 3 rings (SSSR count). The zero-order valence-electron chi connectivity index (χ0n) is 22.0. The first-order chi connectivity index (χ1) is 19.2. The number of carbonyl (C=O) groups excluding carboxylic acids is 4. The Hall–Kier alpha value is -4.29. The quantitative estimate of drug-likeness (QED) is 0.181. The van der Waals surface area contributed by atoms with E-state index >= 15 is 0 Å². The van der Waals surface area contributed by atoms with Gasteiger partial charge in [0.05, 0.1) is 12.6 Å². The van der Waals surface area contributed by atoms with Gasteiger partial charge in [-0.25, -0.2) is 0 Å². The van der Waals surface area contributed by atoms with Crippen LogP contribution in [0.5, 0.6) is 0 Å². The van der Waals surface area contributed by atoms with E-state index in [9.17, 15) is 29.1 Å². The second kappa shape index (κ2) is 14.8. The second-order valence-electron chi connectivity index (χ2n) is 9.59. The monoisotopic (exact) mass is 553 g/mol. The van der Waals surface area contributed by atoms with Crippen LogP contribution in [0.3, 0.4) is 0 Å². The smallest absolute Gasteiger partial charge is 0.322 e. The average molecular weight is 554 g/mol. The predicted octanol–water partition coefficient (Wildman–Crippen LogP) is -1.05. The zero-order chi connectivity index (χ0) is 29.1. The summed E-state index contributed by atoms with van der Waals surface area (Å²) in [6.45, 7) is -1.07. The van der Waals surface area contributed by atoms with E-state index in [0.29, 0.717) is 31.4 Å². The van der Waals surface area contributed by atoms with E-state index in [1.807, 2.05) is 30.3 Å². The van der Waals surface area contributed by atoms with Crippen LogP contribution in [0.2, 0.25) is 0 Å². The number of hydrogen-bond acceptors (Lipinski definition) is 7. The fourth-order valence-electron chi connectivity index (χ4n) is 4.55. The molecular formula is C28H35N5O7. The van der Waals surface area contributed by atoms with Gasteiger partial charge in [0.15, 0.2) is 0 Å². The molecule has 2 aromatic rings. The number of carboxylic acid groups (broad SMARTS) is 1. The minimum absolute atomic E-state index is 0.0499. The summed E-state index contributed by atoms with van der Waals surface area (Å²) >= 11 is 0. The molecule has 4 atom stereocenters. The highest BCUT2D eigenvalue weighted by atomic mass is 16.4. The van der Waals surface area contributed by atoms with Crippen LogP contribution in [-0.2, 0) is 36.8 Å². The van der Waals surface area contributed by atoms with E-state index in [4.69, 9.17) is 10.8 Å². The molecular weight excluding hydrogens is 518 g/mol. The Labute approximate surface area is 231 Å². The summed E-state index contributed by atoms with van der Waals surface area (Å²) in [4.78, 5) is 64.1. The molecule has 12 nitrogen and oxygen atoms in total. The van der Waals surface area contributed by atoms with E-state index in [1.54, 1.807) is 30.3 Å². The third-order valence-corrected chi connectivity index (χ3v) is 6.60. The van der Waals surface area contributed by atoms with Gasteiger partial charge in [0.1, 0.15) is 24.7 Å². The number of rotatable bonds is 13. The largest absolute Gasteiger partial charge is 0.480 e. The predicted molar refractivity (Wildman–Crippen MR) is 145 cm³/mol. The minimum atomic E-state index is -1.41. The van der Waals surface area contributed by atoms with Crippen LogP contribution in [0.25, 0.3) is 0 Å². The van der Waals surface area contributed by atoms with Crippen LogP contribution in [0.1, 0.15) is 24.0 Å². The molecule has 1 aliphatic heterocycles. The maximum absolute atomic E-state index is 13.1. The van der Waals surface area contributed by atoms with Crippen molar-refractivity contribution < 1.29 is 34.2 Å². The summed E-state index contributed by atoms with van der Waals surface area (Å²) in [6, 6.07) is 13.7. The molecule has 1 heterocycles. The second-order valence-corrected chi connectivity index (χ2v) is 9.59. The van der Waals surface area contributed by atoms with Crippen LogP contribution in [0, 0.1) is 0 Å². The van der Waals surface area contributed by atoms with Gasteiger partial charge < -0.3 is 36.8 Å². The Morgan fingerprint density at radius 1 is 0.875 bits per heavy atom.